The van der Waals surface area contributed by atoms with Crippen molar-refractivity contribution in [1.82, 2.24) is 0 Å². The maximum Gasteiger partial charge on any atom is 0.146 e. The van der Waals surface area contributed by atoms with Crippen LogP contribution in [0.1, 0.15) is 0 Å². The topological polar surface area (TPSA) is 44.5 Å². The van der Waals surface area contributed by atoms with Crippen LogP contribution in [0.3, 0.4) is 0 Å². The summed E-state index contributed by atoms with van der Waals surface area (Å²) < 4.78 is 9.67. The summed E-state index contributed by atoms with van der Waals surface area (Å²) in [6, 6.07) is 0.0914. The predicted octanol–water partition coefficient (Wildman–Crippen LogP) is -0.260. The van der Waals surface area contributed by atoms with Crippen molar-refractivity contribution in [3.8, 4) is 0 Å². The molecule has 1 aliphatic rings. The zero-order valence-electron chi connectivity index (χ0n) is 4.50. The minimum atomic E-state index is 0. The molecular weight excluding hydrogens is 130 g/mol. The highest BCUT2D eigenvalue weighted by molar-refractivity contribution is 5.85. The Morgan fingerprint density at radius 1 is 1.25 bits per heavy atom. The van der Waals surface area contributed by atoms with Crippen LogP contribution in [0, 0.1) is 0 Å². The van der Waals surface area contributed by atoms with Gasteiger partial charge < -0.3 is 15.2 Å². The molecule has 4 heteroatoms. The molecule has 1 saturated heterocycles. The highest BCUT2D eigenvalue weighted by Gasteiger charge is 2.06. The fourth-order valence-corrected chi connectivity index (χ4v) is 0.506. The van der Waals surface area contributed by atoms with Gasteiger partial charge >= 0.3 is 0 Å². The molecule has 1 fully saturated rings. The van der Waals surface area contributed by atoms with Gasteiger partial charge in [-0.15, -0.1) is 12.4 Å². The molecule has 0 aromatic rings. The Labute approximate surface area is 54.5 Å². The molecular formula is C4H10ClNO2. The molecule has 0 aliphatic carbocycles. The summed E-state index contributed by atoms with van der Waals surface area (Å²) in [5.41, 5.74) is 5.38. The standard InChI is InChI=1S/C4H9NO2.ClH/c5-4-1-6-3-7-2-4;/h4H,1-3,5H2;1H. The van der Waals surface area contributed by atoms with Crippen molar-refractivity contribution in [2.75, 3.05) is 20.0 Å². The Morgan fingerprint density at radius 2 is 1.75 bits per heavy atom. The first-order chi connectivity index (χ1) is 3.39. The zero-order chi connectivity index (χ0) is 5.11. The monoisotopic (exact) mass is 139 g/mol. The van der Waals surface area contributed by atoms with Gasteiger partial charge in [0.25, 0.3) is 0 Å². The lowest BCUT2D eigenvalue weighted by Gasteiger charge is -2.17. The predicted molar refractivity (Wildman–Crippen MR) is 32.0 cm³/mol. The van der Waals surface area contributed by atoms with E-state index in [9.17, 15) is 0 Å². The Kier molecular flexibility index (Phi) is 4.18. The minimum absolute atomic E-state index is 0. The van der Waals surface area contributed by atoms with Gasteiger partial charge in [0.1, 0.15) is 6.79 Å². The Morgan fingerprint density at radius 3 is 2.00 bits per heavy atom. The Balaban J connectivity index is 0.000000490. The molecule has 0 aromatic heterocycles. The molecule has 1 rings (SSSR count). The van der Waals surface area contributed by atoms with E-state index in [-0.39, 0.29) is 18.4 Å². The maximum absolute atomic E-state index is 5.38. The zero-order valence-corrected chi connectivity index (χ0v) is 5.32. The first kappa shape index (κ1) is 8.17. The number of rotatable bonds is 0. The van der Waals surface area contributed by atoms with Crippen LogP contribution in [-0.4, -0.2) is 26.0 Å². The van der Waals surface area contributed by atoms with Crippen LogP contribution in [-0.2, 0) is 9.47 Å². The van der Waals surface area contributed by atoms with E-state index in [1.54, 1.807) is 0 Å². The Hall–Kier alpha value is 0.170. The number of nitrogens with two attached hydrogens (primary N) is 1. The van der Waals surface area contributed by atoms with Crippen molar-refractivity contribution >= 4 is 12.4 Å². The van der Waals surface area contributed by atoms with Crippen molar-refractivity contribution in [1.29, 1.82) is 0 Å². The summed E-state index contributed by atoms with van der Waals surface area (Å²) in [6.45, 7) is 1.69. The number of hydrogen-bond donors (Lipinski definition) is 1. The van der Waals surface area contributed by atoms with Crippen molar-refractivity contribution in [3.63, 3.8) is 0 Å². The third-order valence-corrected chi connectivity index (χ3v) is 0.831. The van der Waals surface area contributed by atoms with Gasteiger partial charge in [0, 0.05) is 0 Å². The van der Waals surface area contributed by atoms with E-state index < -0.39 is 0 Å². The molecule has 0 amide bonds. The molecule has 0 atom stereocenters. The second-order valence-electron chi connectivity index (χ2n) is 1.62. The van der Waals surface area contributed by atoms with Gasteiger partial charge in [0.05, 0.1) is 19.3 Å². The van der Waals surface area contributed by atoms with Crippen LogP contribution in [0.5, 0.6) is 0 Å². The van der Waals surface area contributed by atoms with E-state index in [0.717, 1.165) is 0 Å². The van der Waals surface area contributed by atoms with Gasteiger partial charge in [-0.2, -0.15) is 0 Å². The van der Waals surface area contributed by atoms with Crippen molar-refractivity contribution in [2.45, 2.75) is 6.04 Å². The molecule has 0 spiro atoms. The fraction of sp³-hybridized carbons (Fsp3) is 1.00. The lowest BCUT2D eigenvalue weighted by atomic mass is 10.3. The van der Waals surface area contributed by atoms with E-state index >= 15 is 0 Å². The quantitative estimate of drug-likeness (QED) is 0.503. The second-order valence-corrected chi connectivity index (χ2v) is 1.62. The molecule has 0 aromatic carbocycles. The number of halogens is 1. The van der Waals surface area contributed by atoms with E-state index in [1.807, 2.05) is 0 Å². The summed E-state index contributed by atoms with van der Waals surface area (Å²) in [5, 5.41) is 0. The summed E-state index contributed by atoms with van der Waals surface area (Å²) in [6.07, 6.45) is 0. The summed E-state index contributed by atoms with van der Waals surface area (Å²) in [5.74, 6) is 0. The van der Waals surface area contributed by atoms with E-state index in [4.69, 9.17) is 15.2 Å². The van der Waals surface area contributed by atoms with Crippen LogP contribution in [0.2, 0.25) is 0 Å². The third-order valence-electron chi connectivity index (χ3n) is 0.831. The van der Waals surface area contributed by atoms with Crippen LogP contribution in [0.15, 0.2) is 0 Å². The summed E-state index contributed by atoms with van der Waals surface area (Å²) >= 11 is 0. The van der Waals surface area contributed by atoms with Crippen LogP contribution < -0.4 is 5.73 Å². The molecule has 8 heavy (non-hydrogen) atoms. The van der Waals surface area contributed by atoms with Gasteiger partial charge in [-0.05, 0) is 0 Å². The lowest BCUT2D eigenvalue weighted by Crippen LogP contribution is -2.36. The first-order valence-corrected chi connectivity index (χ1v) is 2.30. The number of ether oxygens (including phenoxy) is 2. The molecule has 50 valence electrons. The van der Waals surface area contributed by atoms with Crippen LogP contribution in [0.4, 0.5) is 0 Å². The normalized spacial score (nSPS) is 22.1. The second kappa shape index (κ2) is 4.09. The largest absolute Gasteiger partial charge is 0.354 e. The molecule has 2 N–H and O–H groups in total. The highest BCUT2D eigenvalue weighted by Crippen LogP contribution is 1.91. The lowest BCUT2D eigenvalue weighted by molar-refractivity contribution is -0.106. The smallest absolute Gasteiger partial charge is 0.146 e. The Bertz CT molecular complexity index is 56.0. The van der Waals surface area contributed by atoms with E-state index in [0.29, 0.717) is 20.0 Å². The fourth-order valence-electron chi connectivity index (χ4n) is 0.506. The minimum Gasteiger partial charge on any atom is -0.354 e. The first-order valence-electron chi connectivity index (χ1n) is 2.30. The molecule has 0 bridgehead atoms. The molecule has 1 heterocycles. The van der Waals surface area contributed by atoms with Gasteiger partial charge in [-0.25, -0.2) is 0 Å². The van der Waals surface area contributed by atoms with Crippen LogP contribution >= 0.6 is 12.4 Å². The van der Waals surface area contributed by atoms with E-state index in [1.165, 1.54) is 0 Å². The molecule has 0 unspecified atom stereocenters. The average Bonchev–Trinajstić information content (AvgIpc) is 1.69. The molecule has 0 radical (unpaired) electrons. The molecule has 3 nitrogen and oxygen atoms in total. The van der Waals surface area contributed by atoms with Crippen LogP contribution in [0.25, 0.3) is 0 Å². The van der Waals surface area contributed by atoms with Crippen molar-refractivity contribution < 1.29 is 9.47 Å². The number of hydrogen-bond acceptors (Lipinski definition) is 3. The van der Waals surface area contributed by atoms with Crippen molar-refractivity contribution in [2.24, 2.45) is 5.73 Å². The maximum atomic E-state index is 5.38. The average molecular weight is 140 g/mol. The van der Waals surface area contributed by atoms with Gasteiger partial charge in [0.15, 0.2) is 0 Å². The molecule has 0 saturated carbocycles. The summed E-state index contributed by atoms with van der Waals surface area (Å²) in [7, 11) is 0. The van der Waals surface area contributed by atoms with E-state index in [2.05, 4.69) is 0 Å². The summed E-state index contributed by atoms with van der Waals surface area (Å²) in [4.78, 5) is 0. The van der Waals surface area contributed by atoms with Gasteiger partial charge in [-0.1, -0.05) is 0 Å². The van der Waals surface area contributed by atoms with Gasteiger partial charge in [0.2, 0.25) is 0 Å². The third kappa shape index (κ3) is 2.47. The molecule has 1 aliphatic heterocycles. The SMILES string of the molecule is Cl.NC1COCOC1. The highest BCUT2D eigenvalue weighted by atomic mass is 35.5. The van der Waals surface area contributed by atoms with Gasteiger partial charge in [-0.3, -0.25) is 0 Å². The van der Waals surface area contributed by atoms with Crippen molar-refractivity contribution in [3.05, 3.63) is 0 Å².